The maximum atomic E-state index is 13.5. The van der Waals surface area contributed by atoms with Crippen molar-refractivity contribution in [2.24, 2.45) is 0 Å². The van der Waals surface area contributed by atoms with E-state index in [1.54, 1.807) is 20.1 Å². The molecular formula is C18H24F3N5O2S2. The summed E-state index contributed by atoms with van der Waals surface area (Å²) in [5, 5.41) is 13.6. The van der Waals surface area contributed by atoms with Crippen LogP contribution in [0.1, 0.15) is 37.3 Å². The third-order valence-corrected chi connectivity index (χ3v) is 6.71. The third kappa shape index (κ3) is 5.96. The number of piperidine rings is 1. The van der Waals surface area contributed by atoms with E-state index >= 15 is 0 Å². The van der Waals surface area contributed by atoms with Crippen LogP contribution in [0.4, 0.5) is 19.1 Å². The molecule has 2 N–H and O–H groups in total. The molecule has 0 saturated carbocycles. The molecule has 0 amide bonds. The molecule has 2 aromatic rings. The van der Waals surface area contributed by atoms with Crippen LogP contribution in [0.2, 0.25) is 0 Å². The van der Waals surface area contributed by atoms with E-state index in [2.05, 4.69) is 20.3 Å². The van der Waals surface area contributed by atoms with Gasteiger partial charge in [0.1, 0.15) is 5.56 Å². The van der Waals surface area contributed by atoms with Crippen LogP contribution in [0.25, 0.3) is 10.6 Å². The van der Waals surface area contributed by atoms with E-state index < -0.39 is 28.3 Å². The molecule has 0 spiro atoms. The van der Waals surface area contributed by atoms with Gasteiger partial charge < -0.3 is 10.4 Å². The molecule has 7 nitrogen and oxygen atoms in total. The van der Waals surface area contributed by atoms with Gasteiger partial charge in [-0.25, -0.2) is 23.5 Å². The summed E-state index contributed by atoms with van der Waals surface area (Å²) in [6.45, 7) is 4.48. The normalized spacial score (nSPS) is 17.8. The number of hydrogen-bond donors (Lipinski definition) is 2. The zero-order chi connectivity index (χ0) is 22.1. The van der Waals surface area contributed by atoms with Gasteiger partial charge in [-0.2, -0.15) is 13.2 Å². The highest BCUT2D eigenvalue weighted by Crippen LogP contribution is 2.38. The first-order valence-electron chi connectivity index (χ1n) is 9.39. The molecule has 1 unspecified atom stereocenters. The van der Waals surface area contributed by atoms with Crippen LogP contribution < -0.4 is 5.32 Å². The SMILES string of the molecule is CS(=O)N1CCC(Nc2ncc(C(F)(F)F)c(-c3cnc(CC(C)(C)O)s3)n2)CC1. The number of aromatic nitrogens is 3. The number of halogens is 3. The summed E-state index contributed by atoms with van der Waals surface area (Å²) in [5.74, 6) is 0.117. The molecule has 0 bridgehead atoms. The van der Waals surface area contributed by atoms with Gasteiger partial charge in [-0.3, -0.25) is 0 Å². The van der Waals surface area contributed by atoms with Crippen LogP contribution >= 0.6 is 11.3 Å². The molecule has 1 fully saturated rings. The second-order valence-electron chi connectivity index (χ2n) is 7.83. The fourth-order valence-electron chi connectivity index (χ4n) is 3.16. The van der Waals surface area contributed by atoms with Gasteiger partial charge in [0, 0.05) is 44.2 Å². The molecule has 1 aliphatic rings. The molecule has 3 heterocycles. The van der Waals surface area contributed by atoms with Gasteiger partial charge in [0.15, 0.2) is 0 Å². The zero-order valence-corrected chi connectivity index (χ0v) is 18.5. The molecule has 3 rings (SSSR count). The van der Waals surface area contributed by atoms with Crippen LogP contribution in [0.3, 0.4) is 0 Å². The Balaban J connectivity index is 1.84. The maximum absolute atomic E-state index is 13.5. The van der Waals surface area contributed by atoms with Gasteiger partial charge in [-0.05, 0) is 26.7 Å². The van der Waals surface area contributed by atoms with Crippen molar-refractivity contribution in [1.82, 2.24) is 19.3 Å². The van der Waals surface area contributed by atoms with E-state index in [4.69, 9.17) is 0 Å². The summed E-state index contributed by atoms with van der Waals surface area (Å²) in [6.07, 6.45) is 0.765. The molecule has 166 valence electrons. The molecule has 1 saturated heterocycles. The molecule has 1 atom stereocenters. The fraction of sp³-hybridized carbons (Fsp3) is 0.611. The van der Waals surface area contributed by atoms with E-state index in [1.807, 2.05) is 4.31 Å². The van der Waals surface area contributed by atoms with Crippen molar-refractivity contribution in [2.45, 2.75) is 50.9 Å². The first kappa shape index (κ1) is 23.0. The minimum atomic E-state index is -4.61. The van der Waals surface area contributed by atoms with E-state index in [0.717, 1.165) is 17.5 Å². The second kappa shape index (κ2) is 8.85. The zero-order valence-electron chi connectivity index (χ0n) is 16.9. The van der Waals surface area contributed by atoms with Gasteiger partial charge in [0.2, 0.25) is 5.95 Å². The van der Waals surface area contributed by atoms with Gasteiger partial charge in [-0.1, -0.05) is 0 Å². The topological polar surface area (TPSA) is 91.2 Å². The van der Waals surface area contributed by atoms with E-state index in [-0.39, 0.29) is 29.0 Å². The predicted molar refractivity (Wildman–Crippen MR) is 110 cm³/mol. The molecular weight excluding hydrogens is 439 g/mol. The van der Waals surface area contributed by atoms with Crippen molar-refractivity contribution in [3.8, 4) is 10.6 Å². The van der Waals surface area contributed by atoms with Crippen molar-refractivity contribution < 1.29 is 22.5 Å². The Bertz CT molecular complexity index is 906. The number of anilines is 1. The fourth-order valence-corrected chi connectivity index (χ4v) is 5.03. The summed E-state index contributed by atoms with van der Waals surface area (Å²) in [4.78, 5) is 12.4. The largest absolute Gasteiger partial charge is 0.420 e. The van der Waals surface area contributed by atoms with Crippen molar-refractivity contribution in [1.29, 1.82) is 0 Å². The van der Waals surface area contributed by atoms with Crippen molar-refractivity contribution in [3.05, 3.63) is 23.0 Å². The van der Waals surface area contributed by atoms with Gasteiger partial charge in [0.25, 0.3) is 0 Å². The lowest BCUT2D eigenvalue weighted by molar-refractivity contribution is -0.137. The average Bonchev–Trinajstić information content (AvgIpc) is 3.07. The number of rotatable bonds is 6. The molecule has 30 heavy (non-hydrogen) atoms. The summed E-state index contributed by atoms with van der Waals surface area (Å²) >= 11 is 1.07. The van der Waals surface area contributed by atoms with Crippen LogP contribution in [0.15, 0.2) is 12.4 Å². The number of hydrogen-bond acceptors (Lipinski definition) is 7. The van der Waals surface area contributed by atoms with Crippen molar-refractivity contribution in [3.63, 3.8) is 0 Å². The molecule has 12 heteroatoms. The Morgan fingerprint density at radius 3 is 2.50 bits per heavy atom. The Hall–Kier alpha value is -1.63. The minimum absolute atomic E-state index is 0.0124. The molecule has 0 radical (unpaired) electrons. The van der Waals surface area contributed by atoms with Gasteiger partial charge >= 0.3 is 6.18 Å². The highest BCUT2D eigenvalue weighted by atomic mass is 32.2. The van der Waals surface area contributed by atoms with E-state index in [0.29, 0.717) is 30.9 Å². The van der Waals surface area contributed by atoms with E-state index in [1.165, 1.54) is 6.20 Å². The third-order valence-electron chi connectivity index (χ3n) is 4.62. The van der Waals surface area contributed by atoms with Crippen molar-refractivity contribution in [2.75, 3.05) is 24.7 Å². The Labute approximate surface area is 179 Å². The minimum Gasteiger partial charge on any atom is -0.390 e. The maximum Gasteiger partial charge on any atom is 0.420 e. The Morgan fingerprint density at radius 2 is 1.93 bits per heavy atom. The van der Waals surface area contributed by atoms with E-state index in [9.17, 15) is 22.5 Å². The summed E-state index contributed by atoms with van der Waals surface area (Å²) in [7, 11) is -1.03. The lowest BCUT2D eigenvalue weighted by atomic mass is 10.1. The highest BCUT2D eigenvalue weighted by molar-refractivity contribution is 7.81. The Morgan fingerprint density at radius 1 is 1.27 bits per heavy atom. The number of nitrogens with zero attached hydrogens (tertiary/aromatic N) is 4. The first-order valence-corrected chi connectivity index (χ1v) is 11.7. The first-order chi connectivity index (χ1) is 13.9. The molecule has 0 aromatic carbocycles. The number of thiazole rings is 1. The van der Waals surface area contributed by atoms with Gasteiger partial charge in [-0.15, -0.1) is 11.3 Å². The Kier molecular flexibility index (Phi) is 6.80. The lowest BCUT2D eigenvalue weighted by Gasteiger charge is -2.30. The second-order valence-corrected chi connectivity index (χ2v) is 10.3. The molecule has 0 aliphatic carbocycles. The smallest absolute Gasteiger partial charge is 0.390 e. The van der Waals surface area contributed by atoms with Crippen LogP contribution in [-0.4, -0.2) is 59.6 Å². The molecule has 2 aromatic heterocycles. The summed E-state index contributed by atoms with van der Waals surface area (Å²) in [5.41, 5.74) is -2.17. The standard InChI is InChI=1S/C18H24F3N5O2S2/c1-17(2,27)8-14-22-10-13(29-14)15-12(18(19,20)21)9-23-16(25-15)24-11-4-6-26(7-5-11)30(3)28/h9-11,27H,4-8H2,1-3H3,(H,23,24,25). The lowest BCUT2D eigenvalue weighted by Crippen LogP contribution is -2.39. The highest BCUT2D eigenvalue weighted by Gasteiger charge is 2.36. The predicted octanol–water partition coefficient (Wildman–Crippen LogP) is 3.10. The van der Waals surface area contributed by atoms with Crippen LogP contribution in [0, 0.1) is 0 Å². The quantitative estimate of drug-likeness (QED) is 0.684. The van der Waals surface area contributed by atoms with Crippen LogP contribution in [0.5, 0.6) is 0 Å². The monoisotopic (exact) mass is 463 g/mol. The number of nitrogens with one attached hydrogen (secondary N) is 1. The van der Waals surface area contributed by atoms with Crippen molar-refractivity contribution >= 4 is 28.3 Å². The average molecular weight is 464 g/mol. The number of aliphatic hydroxyl groups is 1. The molecule has 1 aliphatic heterocycles. The number of alkyl halides is 3. The summed E-state index contributed by atoms with van der Waals surface area (Å²) < 4.78 is 54.0. The summed E-state index contributed by atoms with van der Waals surface area (Å²) in [6, 6.07) is -0.0124. The van der Waals surface area contributed by atoms with Crippen LogP contribution in [-0.2, 0) is 23.6 Å². The van der Waals surface area contributed by atoms with Gasteiger partial charge in [0.05, 0.1) is 32.2 Å².